The molecule has 1 fully saturated rings. The smallest absolute Gasteiger partial charge is 0.252 e. The summed E-state index contributed by atoms with van der Waals surface area (Å²) in [5.74, 6) is 0.782. The lowest BCUT2D eigenvalue weighted by Gasteiger charge is -2.25. The maximum absolute atomic E-state index is 12.8. The highest BCUT2D eigenvalue weighted by atomic mass is 32.2. The fourth-order valence-electron chi connectivity index (χ4n) is 3.77. The lowest BCUT2D eigenvalue weighted by atomic mass is 10.1. The molecule has 2 heterocycles. The third-order valence-electron chi connectivity index (χ3n) is 5.45. The van der Waals surface area contributed by atoms with Gasteiger partial charge in [-0.05, 0) is 76.3 Å². The first-order valence-electron chi connectivity index (χ1n) is 11.4. The van der Waals surface area contributed by atoms with E-state index in [9.17, 15) is 13.2 Å². The van der Waals surface area contributed by atoms with Gasteiger partial charge in [0, 0.05) is 24.0 Å². The Balaban J connectivity index is 1.46. The Labute approximate surface area is 196 Å². The molecule has 1 aliphatic rings. The van der Waals surface area contributed by atoms with Gasteiger partial charge in [0.25, 0.3) is 10.0 Å². The fourth-order valence-corrected chi connectivity index (χ4v) is 6.80. The SMILES string of the molecule is CC(CCc1ccc(OC(C)C)cc1)NC(=O)Cc1ccc(S(=O)(=O)N2CCCCC2)s1. The molecule has 1 atom stereocenters. The third-order valence-corrected chi connectivity index (χ3v) is 8.90. The molecule has 3 rings (SSSR count). The van der Waals surface area contributed by atoms with E-state index >= 15 is 0 Å². The van der Waals surface area contributed by atoms with Crippen molar-refractivity contribution >= 4 is 27.3 Å². The second kappa shape index (κ2) is 11.3. The second-order valence-corrected chi connectivity index (χ2v) is 12.0. The summed E-state index contributed by atoms with van der Waals surface area (Å²) in [6.45, 7) is 7.17. The number of carbonyl (C=O) groups is 1. The van der Waals surface area contributed by atoms with Crippen LogP contribution in [0.3, 0.4) is 0 Å². The number of rotatable bonds is 10. The number of piperidine rings is 1. The van der Waals surface area contributed by atoms with Crippen molar-refractivity contribution in [2.75, 3.05) is 13.1 Å². The number of hydrogen-bond donors (Lipinski definition) is 1. The van der Waals surface area contributed by atoms with Crippen molar-refractivity contribution in [1.29, 1.82) is 0 Å². The highest BCUT2D eigenvalue weighted by Crippen LogP contribution is 2.27. The monoisotopic (exact) mass is 478 g/mol. The standard InChI is InChI=1S/C24H34N2O4S2/c1-18(2)30-21-11-9-20(10-12-21)8-7-19(3)25-23(27)17-22-13-14-24(31-22)32(28,29)26-15-5-4-6-16-26/h9-14,18-19H,4-8,15-17H2,1-3H3,(H,25,27). The first-order chi connectivity index (χ1) is 15.2. The van der Waals surface area contributed by atoms with Crippen molar-refractivity contribution in [3.63, 3.8) is 0 Å². The second-order valence-electron chi connectivity index (χ2n) is 8.68. The summed E-state index contributed by atoms with van der Waals surface area (Å²) in [6.07, 6.45) is 4.95. The van der Waals surface area contributed by atoms with Crippen LogP contribution in [0.5, 0.6) is 5.75 Å². The van der Waals surface area contributed by atoms with Gasteiger partial charge in [-0.1, -0.05) is 18.6 Å². The molecule has 2 aromatic rings. The number of carbonyl (C=O) groups excluding carboxylic acids is 1. The molecular formula is C24H34N2O4S2. The van der Waals surface area contributed by atoms with Crippen LogP contribution in [0.4, 0.5) is 0 Å². The van der Waals surface area contributed by atoms with E-state index in [1.54, 1.807) is 16.4 Å². The Hall–Kier alpha value is -1.90. The van der Waals surface area contributed by atoms with Gasteiger partial charge < -0.3 is 10.1 Å². The molecule has 0 aliphatic carbocycles. The van der Waals surface area contributed by atoms with Crippen molar-refractivity contribution in [2.45, 2.75) is 75.7 Å². The van der Waals surface area contributed by atoms with Crippen LogP contribution in [0.1, 0.15) is 56.9 Å². The molecule has 0 bridgehead atoms. The van der Waals surface area contributed by atoms with Crippen molar-refractivity contribution < 1.29 is 17.9 Å². The number of nitrogens with one attached hydrogen (secondary N) is 1. The molecule has 0 spiro atoms. The molecule has 0 saturated carbocycles. The lowest BCUT2D eigenvalue weighted by molar-refractivity contribution is -0.121. The van der Waals surface area contributed by atoms with Crippen LogP contribution >= 0.6 is 11.3 Å². The highest BCUT2D eigenvalue weighted by Gasteiger charge is 2.27. The van der Waals surface area contributed by atoms with Gasteiger partial charge in [0.1, 0.15) is 9.96 Å². The number of hydrogen-bond acceptors (Lipinski definition) is 5. The fraction of sp³-hybridized carbons (Fsp3) is 0.542. The van der Waals surface area contributed by atoms with Gasteiger partial charge in [-0.25, -0.2) is 8.42 Å². The molecule has 1 saturated heterocycles. The minimum absolute atomic E-state index is 0.0330. The van der Waals surface area contributed by atoms with E-state index < -0.39 is 10.0 Å². The average Bonchev–Trinajstić information content (AvgIpc) is 3.22. The summed E-state index contributed by atoms with van der Waals surface area (Å²) >= 11 is 1.20. The van der Waals surface area contributed by atoms with Crippen molar-refractivity contribution in [2.24, 2.45) is 0 Å². The van der Waals surface area contributed by atoms with Gasteiger partial charge in [0.15, 0.2) is 0 Å². The van der Waals surface area contributed by atoms with Crippen molar-refractivity contribution in [3.05, 3.63) is 46.8 Å². The molecule has 1 unspecified atom stereocenters. The van der Waals surface area contributed by atoms with Crippen LogP contribution < -0.4 is 10.1 Å². The molecule has 6 nitrogen and oxygen atoms in total. The number of thiophene rings is 1. The van der Waals surface area contributed by atoms with Gasteiger partial charge in [0.05, 0.1) is 12.5 Å². The summed E-state index contributed by atoms with van der Waals surface area (Å²) in [4.78, 5) is 13.2. The van der Waals surface area contributed by atoms with Gasteiger partial charge in [-0.3, -0.25) is 4.79 Å². The minimum atomic E-state index is -3.44. The molecule has 1 aromatic heterocycles. The van der Waals surface area contributed by atoms with Gasteiger partial charge in [-0.2, -0.15) is 4.31 Å². The quantitative estimate of drug-likeness (QED) is 0.550. The van der Waals surface area contributed by atoms with Crippen LogP contribution in [-0.2, 0) is 27.7 Å². The molecule has 0 radical (unpaired) electrons. The zero-order valence-corrected chi connectivity index (χ0v) is 20.8. The zero-order valence-electron chi connectivity index (χ0n) is 19.2. The Morgan fingerprint density at radius 1 is 1.06 bits per heavy atom. The Kier molecular flexibility index (Phi) is 8.73. The number of nitrogens with zero attached hydrogens (tertiary/aromatic N) is 1. The molecule has 32 heavy (non-hydrogen) atoms. The summed E-state index contributed by atoms with van der Waals surface area (Å²) in [6, 6.07) is 11.5. The number of benzene rings is 1. The number of sulfonamides is 1. The predicted octanol–water partition coefficient (Wildman–Crippen LogP) is 4.39. The molecule has 1 aromatic carbocycles. The first-order valence-corrected chi connectivity index (χ1v) is 13.6. The van der Waals surface area contributed by atoms with E-state index in [1.807, 2.05) is 32.9 Å². The van der Waals surface area contributed by atoms with Crippen LogP contribution in [0.15, 0.2) is 40.6 Å². The van der Waals surface area contributed by atoms with E-state index in [0.29, 0.717) is 17.3 Å². The zero-order chi connectivity index (χ0) is 23.1. The molecular weight excluding hydrogens is 444 g/mol. The largest absolute Gasteiger partial charge is 0.491 e. The normalized spacial score (nSPS) is 16.1. The van der Waals surface area contributed by atoms with E-state index in [1.165, 1.54) is 16.9 Å². The van der Waals surface area contributed by atoms with Crippen LogP contribution in [0.25, 0.3) is 0 Å². The lowest BCUT2D eigenvalue weighted by Crippen LogP contribution is -2.35. The summed E-state index contributed by atoms with van der Waals surface area (Å²) in [7, 11) is -3.44. The highest BCUT2D eigenvalue weighted by molar-refractivity contribution is 7.91. The average molecular weight is 479 g/mol. The maximum atomic E-state index is 12.8. The third kappa shape index (κ3) is 7.05. The maximum Gasteiger partial charge on any atom is 0.252 e. The summed E-state index contributed by atoms with van der Waals surface area (Å²) in [5.41, 5.74) is 1.20. The number of amides is 1. The summed E-state index contributed by atoms with van der Waals surface area (Å²) < 4.78 is 33.1. The van der Waals surface area contributed by atoms with E-state index in [0.717, 1.165) is 42.7 Å². The molecule has 8 heteroatoms. The van der Waals surface area contributed by atoms with Crippen LogP contribution in [-0.4, -0.2) is 43.9 Å². The first kappa shape index (κ1) is 24.7. The van der Waals surface area contributed by atoms with Gasteiger partial charge in [0.2, 0.25) is 5.91 Å². The summed E-state index contributed by atoms with van der Waals surface area (Å²) in [5, 5.41) is 3.03. The Morgan fingerprint density at radius 2 is 1.75 bits per heavy atom. The number of ether oxygens (including phenoxy) is 1. The van der Waals surface area contributed by atoms with Crippen LogP contribution in [0, 0.1) is 0 Å². The predicted molar refractivity (Wildman–Crippen MR) is 129 cm³/mol. The molecule has 1 amide bonds. The number of aryl methyl sites for hydroxylation is 1. The molecule has 176 valence electrons. The molecule has 1 N–H and O–H groups in total. The Morgan fingerprint density at radius 3 is 2.41 bits per heavy atom. The van der Waals surface area contributed by atoms with E-state index in [2.05, 4.69) is 17.4 Å². The molecule has 1 aliphatic heterocycles. The van der Waals surface area contributed by atoms with Gasteiger partial charge >= 0.3 is 0 Å². The van der Waals surface area contributed by atoms with Crippen LogP contribution in [0.2, 0.25) is 0 Å². The van der Waals surface area contributed by atoms with E-state index in [-0.39, 0.29) is 24.5 Å². The van der Waals surface area contributed by atoms with E-state index in [4.69, 9.17) is 4.74 Å². The van der Waals surface area contributed by atoms with Crippen molar-refractivity contribution in [1.82, 2.24) is 9.62 Å². The topological polar surface area (TPSA) is 75.7 Å². The Bertz CT molecular complexity index is 978. The van der Waals surface area contributed by atoms with Crippen molar-refractivity contribution in [3.8, 4) is 5.75 Å². The minimum Gasteiger partial charge on any atom is -0.491 e. The van der Waals surface area contributed by atoms with Gasteiger partial charge in [-0.15, -0.1) is 11.3 Å².